The Morgan fingerprint density at radius 2 is 1.90 bits per heavy atom. The van der Waals surface area contributed by atoms with Crippen molar-refractivity contribution in [3.8, 4) is 11.3 Å². The van der Waals surface area contributed by atoms with Gasteiger partial charge in [0, 0.05) is 43.5 Å². The van der Waals surface area contributed by atoms with Crippen LogP contribution in [0.3, 0.4) is 0 Å². The summed E-state index contributed by atoms with van der Waals surface area (Å²) < 4.78 is 0. The molecule has 1 aliphatic rings. The molecule has 0 unspecified atom stereocenters. The molecule has 3 aromatic rings. The molecule has 0 aliphatic heterocycles. The lowest BCUT2D eigenvalue weighted by molar-refractivity contribution is -0.116. The van der Waals surface area contributed by atoms with E-state index in [1.54, 1.807) is 13.2 Å². The number of rotatable bonds is 4. The Balaban J connectivity index is 1.87. The second-order valence-corrected chi connectivity index (χ2v) is 8.64. The minimum Gasteiger partial charge on any atom is -0.356 e. The van der Waals surface area contributed by atoms with Crippen LogP contribution in [0, 0.1) is 5.41 Å². The van der Waals surface area contributed by atoms with Crippen molar-refractivity contribution in [3.63, 3.8) is 0 Å². The zero-order chi connectivity index (χ0) is 21.5. The standard InChI is InChI=1S/C24H26N4O2/c1-15(29)28(4)20-12-16(10-11-25-20)22-23(26-17-8-6-5-7-9-17)21-18(27-22)13-24(2,3)14-19(21)30/h5-12,26-27H,13-14H2,1-4H3. The highest BCUT2D eigenvalue weighted by Crippen LogP contribution is 2.43. The van der Waals surface area contributed by atoms with Crippen molar-refractivity contribution >= 4 is 28.9 Å². The van der Waals surface area contributed by atoms with Gasteiger partial charge < -0.3 is 15.2 Å². The molecule has 0 bridgehead atoms. The average Bonchev–Trinajstić information content (AvgIpc) is 3.05. The van der Waals surface area contributed by atoms with Gasteiger partial charge in [-0.15, -0.1) is 0 Å². The van der Waals surface area contributed by atoms with Crippen LogP contribution in [0.15, 0.2) is 48.7 Å². The van der Waals surface area contributed by atoms with Gasteiger partial charge in [0.05, 0.1) is 16.9 Å². The maximum Gasteiger partial charge on any atom is 0.224 e. The number of pyridine rings is 1. The SMILES string of the molecule is CC(=O)N(C)c1cc(-c2[nH]c3c(c2Nc2ccccc2)C(=O)CC(C)(C)C3)ccn1. The summed E-state index contributed by atoms with van der Waals surface area (Å²) in [5, 5.41) is 3.46. The Labute approximate surface area is 176 Å². The van der Waals surface area contributed by atoms with E-state index >= 15 is 0 Å². The predicted octanol–water partition coefficient (Wildman–Crippen LogP) is 4.96. The number of aromatic nitrogens is 2. The number of aromatic amines is 1. The Morgan fingerprint density at radius 3 is 2.60 bits per heavy atom. The molecule has 2 aromatic heterocycles. The van der Waals surface area contributed by atoms with Gasteiger partial charge in [-0.1, -0.05) is 32.0 Å². The summed E-state index contributed by atoms with van der Waals surface area (Å²) in [4.78, 5) is 34.2. The minimum absolute atomic E-state index is 0.0888. The Morgan fingerprint density at radius 1 is 1.17 bits per heavy atom. The molecule has 0 spiro atoms. The molecule has 0 saturated carbocycles. The van der Waals surface area contributed by atoms with Crippen molar-refractivity contribution in [2.75, 3.05) is 17.3 Å². The summed E-state index contributed by atoms with van der Waals surface area (Å²) >= 11 is 0. The van der Waals surface area contributed by atoms with Gasteiger partial charge in [0.25, 0.3) is 0 Å². The van der Waals surface area contributed by atoms with E-state index in [2.05, 4.69) is 29.1 Å². The van der Waals surface area contributed by atoms with Crippen LogP contribution in [0.1, 0.15) is 43.2 Å². The van der Waals surface area contributed by atoms with Gasteiger partial charge in [-0.2, -0.15) is 0 Å². The zero-order valence-electron chi connectivity index (χ0n) is 17.7. The summed E-state index contributed by atoms with van der Waals surface area (Å²) in [6, 6.07) is 13.6. The van der Waals surface area contributed by atoms with Crippen molar-refractivity contribution in [2.24, 2.45) is 5.41 Å². The molecule has 1 aromatic carbocycles. The maximum atomic E-state index is 13.1. The molecule has 4 rings (SSSR count). The van der Waals surface area contributed by atoms with Crippen LogP contribution in [0.4, 0.5) is 17.2 Å². The van der Waals surface area contributed by atoms with E-state index in [9.17, 15) is 9.59 Å². The fourth-order valence-electron chi connectivity index (χ4n) is 3.98. The number of carbonyl (C=O) groups excluding carboxylic acids is 2. The molecule has 2 heterocycles. The normalized spacial score (nSPS) is 14.9. The summed E-state index contributed by atoms with van der Waals surface area (Å²) in [7, 11) is 1.70. The van der Waals surface area contributed by atoms with Gasteiger partial charge >= 0.3 is 0 Å². The van der Waals surface area contributed by atoms with Crippen molar-refractivity contribution in [2.45, 2.75) is 33.6 Å². The molecule has 1 aliphatic carbocycles. The second-order valence-electron chi connectivity index (χ2n) is 8.64. The number of nitrogens with zero attached hydrogens (tertiary/aromatic N) is 2. The molecule has 0 fully saturated rings. The van der Waals surface area contributed by atoms with Crippen molar-refractivity contribution < 1.29 is 9.59 Å². The third-order valence-corrected chi connectivity index (χ3v) is 5.54. The number of hydrogen-bond donors (Lipinski definition) is 2. The maximum absolute atomic E-state index is 13.1. The van der Waals surface area contributed by atoms with E-state index < -0.39 is 0 Å². The third kappa shape index (κ3) is 3.73. The van der Waals surface area contributed by atoms with Gasteiger partial charge in [0.1, 0.15) is 5.82 Å². The smallest absolute Gasteiger partial charge is 0.224 e. The number of benzene rings is 1. The van der Waals surface area contributed by atoms with Crippen LogP contribution >= 0.6 is 0 Å². The third-order valence-electron chi connectivity index (χ3n) is 5.54. The number of carbonyl (C=O) groups is 2. The predicted molar refractivity (Wildman–Crippen MR) is 119 cm³/mol. The lowest BCUT2D eigenvalue weighted by atomic mass is 9.76. The van der Waals surface area contributed by atoms with E-state index in [0.717, 1.165) is 40.3 Å². The summed E-state index contributed by atoms with van der Waals surface area (Å²) in [5.41, 5.74) is 4.97. The minimum atomic E-state index is -0.0926. The van der Waals surface area contributed by atoms with Crippen molar-refractivity contribution in [1.29, 1.82) is 0 Å². The van der Waals surface area contributed by atoms with E-state index in [0.29, 0.717) is 12.2 Å². The van der Waals surface area contributed by atoms with Crippen LogP contribution in [0.5, 0.6) is 0 Å². The van der Waals surface area contributed by atoms with Crippen LogP contribution < -0.4 is 10.2 Å². The van der Waals surface area contributed by atoms with Gasteiger partial charge in [-0.05, 0) is 36.1 Å². The fraction of sp³-hybridized carbons (Fsp3) is 0.292. The van der Waals surface area contributed by atoms with Gasteiger partial charge in [0.15, 0.2) is 5.78 Å². The molecule has 0 saturated heterocycles. The zero-order valence-corrected chi connectivity index (χ0v) is 17.7. The molecular formula is C24H26N4O2. The molecule has 154 valence electrons. The van der Waals surface area contributed by atoms with Crippen molar-refractivity contribution in [1.82, 2.24) is 9.97 Å². The summed E-state index contributed by atoms with van der Waals surface area (Å²) in [5.74, 6) is 0.604. The van der Waals surface area contributed by atoms with E-state index in [1.807, 2.05) is 42.5 Å². The van der Waals surface area contributed by atoms with E-state index in [4.69, 9.17) is 0 Å². The molecule has 0 radical (unpaired) electrons. The number of nitrogens with one attached hydrogen (secondary N) is 2. The van der Waals surface area contributed by atoms with Gasteiger partial charge in [-0.3, -0.25) is 9.59 Å². The van der Waals surface area contributed by atoms with Crippen LogP contribution in [0.2, 0.25) is 0 Å². The number of para-hydroxylation sites is 1. The summed E-state index contributed by atoms with van der Waals surface area (Å²) in [6.45, 7) is 5.74. The molecule has 6 heteroatoms. The van der Waals surface area contributed by atoms with Crippen LogP contribution in [-0.4, -0.2) is 28.7 Å². The first-order chi connectivity index (χ1) is 14.2. The molecule has 1 amide bonds. The molecule has 0 atom stereocenters. The van der Waals surface area contributed by atoms with Crippen LogP contribution in [-0.2, 0) is 11.2 Å². The highest BCUT2D eigenvalue weighted by molar-refractivity contribution is 6.08. The number of amides is 1. The van der Waals surface area contributed by atoms with Crippen LogP contribution in [0.25, 0.3) is 11.3 Å². The van der Waals surface area contributed by atoms with Crippen molar-refractivity contribution in [3.05, 3.63) is 59.9 Å². The van der Waals surface area contributed by atoms with E-state index in [1.165, 1.54) is 11.8 Å². The number of hydrogen-bond acceptors (Lipinski definition) is 4. The quantitative estimate of drug-likeness (QED) is 0.647. The highest BCUT2D eigenvalue weighted by Gasteiger charge is 2.35. The number of H-pyrrole nitrogens is 1. The number of Topliss-reactive ketones (excluding diaryl/α,β-unsaturated/α-hetero) is 1. The number of fused-ring (bicyclic) bond motifs is 1. The Bertz CT molecular complexity index is 1120. The largest absolute Gasteiger partial charge is 0.356 e. The number of anilines is 3. The van der Waals surface area contributed by atoms with Gasteiger partial charge in [-0.25, -0.2) is 4.98 Å². The second kappa shape index (κ2) is 7.44. The monoisotopic (exact) mass is 402 g/mol. The first kappa shape index (κ1) is 19.9. The molecule has 2 N–H and O–H groups in total. The van der Waals surface area contributed by atoms with E-state index in [-0.39, 0.29) is 17.1 Å². The Hall–Kier alpha value is -3.41. The first-order valence-corrected chi connectivity index (χ1v) is 10.1. The number of ketones is 1. The Kier molecular flexibility index (Phi) is 4.94. The van der Waals surface area contributed by atoms with Gasteiger partial charge in [0.2, 0.25) is 5.91 Å². The summed E-state index contributed by atoms with van der Waals surface area (Å²) in [6.07, 6.45) is 2.99. The fourth-order valence-corrected chi connectivity index (χ4v) is 3.98. The molecular weight excluding hydrogens is 376 g/mol. The molecule has 6 nitrogen and oxygen atoms in total. The lowest BCUT2D eigenvalue weighted by Gasteiger charge is -2.28. The topological polar surface area (TPSA) is 78.1 Å². The first-order valence-electron chi connectivity index (χ1n) is 10.1. The lowest BCUT2D eigenvalue weighted by Crippen LogP contribution is -2.26. The molecule has 30 heavy (non-hydrogen) atoms. The average molecular weight is 402 g/mol. The highest BCUT2D eigenvalue weighted by atomic mass is 16.2.